The van der Waals surface area contributed by atoms with E-state index in [1.165, 1.54) is 6.20 Å². The summed E-state index contributed by atoms with van der Waals surface area (Å²) >= 11 is 0. The molecule has 0 bridgehead atoms. The number of rotatable bonds is 3. The van der Waals surface area contributed by atoms with Gasteiger partial charge in [0.2, 0.25) is 0 Å². The fourth-order valence-electron chi connectivity index (χ4n) is 1.91. The van der Waals surface area contributed by atoms with Crippen molar-refractivity contribution in [1.29, 1.82) is 0 Å². The van der Waals surface area contributed by atoms with Gasteiger partial charge < -0.3 is 10.7 Å². The van der Waals surface area contributed by atoms with E-state index < -0.39 is 9.84 Å². The standard InChI is InChI=1S/C11H16N4O3S/c12-15-9-1-2-10(13-7-9)11(16)14-8-3-5-19(17,18)6-4-8/h1-2,7-8,15H,3-6,12H2,(H,14,16). The van der Waals surface area contributed by atoms with E-state index in [1.807, 2.05) is 0 Å². The molecular weight excluding hydrogens is 268 g/mol. The lowest BCUT2D eigenvalue weighted by Crippen LogP contribution is -2.41. The predicted molar refractivity (Wildman–Crippen MR) is 71.2 cm³/mol. The van der Waals surface area contributed by atoms with Gasteiger partial charge in [0.05, 0.1) is 23.4 Å². The largest absolute Gasteiger partial charge is 0.348 e. The first-order valence-electron chi connectivity index (χ1n) is 5.94. The second-order valence-electron chi connectivity index (χ2n) is 4.48. The van der Waals surface area contributed by atoms with Crippen LogP contribution in [0.3, 0.4) is 0 Å². The molecule has 104 valence electrons. The Bertz CT molecular complexity index is 542. The van der Waals surface area contributed by atoms with Crippen molar-refractivity contribution in [3.63, 3.8) is 0 Å². The first kappa shape index (κ1) is 13.8. The lowest BCUT2D eigenvalue weighted by Gasteiger charge is -2.22. The van der Waals surface area contributed by atoms with E-state index in [0.29, 0.717) is 18.5 Å². The van der Waals surface area contributed by atoms with Crippen molar-refractivity contribution in [3.05, 3.63) is 24.0 Å². The number of nitrogens with two attached hydrogens (primary N) is 1. The third-order valence-corrected chi connectivity index (χ3v) is 4.77. The maximum Gasteiger partial charge on any atom is 0.270 e. The van der Waals surface area contributed by atoms with E-state index >= 15 is 0 Å². The molecule has 0 aromatic carbocycles. The molecule has 0 aliphatic carbocycles. The molecule has 1 aliphatic rings. The van der Waals surface area contributed by atoms with Crippen molar-refractivity contribution in [2.75, 3.05) is 16.9 Å². The molecule has 7 nitrogen and oxygen atoms in total. The van der Waals surface area contributed by atoms with Crippen LogP contribution in [0, 0.1) is 0 Å². The molecule has 0 unspecified atom stereocenters. The molecule has 0 atom stereocenters. The van der Waals surface area contributed by atoms with Gasteiger partial charge in [0.25, 0.3) is 5.91 Å². The minimum atomic E-state index is -2.91. The summed E-state index contributed by atoms with van der Waals surface area (Å²) in [6.45, 7) is 0. The van der Waals surface area contributed by atoms with Crippen LogP contribution in [-0.4, -0.2) is 36.9 Å². The molecule has 0 saturated carbocycles. The number of amides is 1. The number of carbonyl (C=O) groups is 1. The van der Waals surface area contributed by atoms with E-state index in [4.69, 9.17) is 5.84 Å². The van der Waals surface area contributed by atoms with Gasteiger partial charge >= 0.3 is 0 Å². The van der Waals surface area contributed by atoms with E-state index in [2.05, 4.69) is 15.7 Å². The molecule has 1 aromatic heterocycles. The number of hydrazine groups is 1. The van der Waals surface area contributed by atoms with Crippen LogP contribution in [0.1, 0.15) is 23.3 Å². The van der Waals surface area contributed by atoms with Crippen molar-refractivity contribution in [3.8, 4) is 0 Å². The average Bonchev–Trinajstić information content (AvgIpc) is 2.41. The molecule has 4 N–H and O–H groups in total. The normalized spacial score (nSPS) is 18.8. The molecule has 1 aliphatic heterocycles. The highest BCUT2D eigenvalue weighted by Crippen LogP contribution is 2.13. The van der Waals surface area contributed by atoms with Gasteiger partial charge in [0.15, 0.2) is 0 Å². The second kappa shape index (κ2) is 5.54. The monoisotopic (exact) mass is 284 g/mol. The molecule has 2 rings (SSSR count). The molecule has 0 radical (unpaired) electrons. The Morgan fingerprint density at radius 2 is 2.00 bits per heavy atom. The number of hydrogen-bond acceptors (Lipinski definition) is 6. The molecule has 1 fully saturated rings. The van der Waals surface area contributed by atoms with Crippen molar-refractivity contribution in [2.45, 2.75) is 18.9 Å². The highest BCUT2D eigenvalue weighted by molar-refractivity contribution is 7.91. The fourth-order valence-corrected chi connectivity index (χ4v) is 3.40. The number of carbonyl (C=O) groups excluding carboxylic acids is 1. The molecular formula is C11H16N4O3S. The Kier molecular flexibility index (Phi) is 4.01. The summed E-state index contributed by atoms with van der Waals surface area (Å²) in [6, 6.07) is 3.10. The Morgan fingerprint density at radius 1 is 1.32 bits per heavy atom. The second-order valence-corrected chi connectivity index (χ2v) is 6.78. The van der Waals surface area contributed by atoms with Gasteiger partial charge in [-0.3, -0.25) is 10.6 Å². The topological polar surface area (TPSA) is 114 Å². The SMILES string of the molecule is NNc1ccc(C(=O)NC2CCS(=O)(=O)CC2)nc1. The van der Waals surface area contributed by atoms with Gasteiger partial charge in [-0.2, -0.15) is 0 Å². The fraction of sp³-hybridized carbons (Fsp3) is 0.455. The number of nitrogen functional groups attached to an aromatic ring is 1. The summed E-state index contributed by atoms with van der Waals surface area (Å²) in [5, 5.41) is 2.79. The Labute approximate surface area is 111 Å². The van der Waals surface area contributed by atoms with Gasteiger partial charge in [-0.15, -0.1) is 0 Å². The minimum absolute atomic E-state index is 0.106. The zero-order chi connectivity index (χ0) is 13.9. The van der Waals surface area contributed by atoms with Crippen molar-refractivity contribution in [2.24, 2.45) is 5.84 Å². The third-order valence-electron chi connectivity index (χ3n) is 3.05. The highest BCUT2D eigenvalue weighted by Gasteiger charge is 2.25. The van der Waals surface area contributed by atoms with Crippen molar-refractivity contribution >= 4 is 21.4 Å². The molecule has 1 aromatic rings. The number of aromatic nitrogens is 1. The van der Waals surface area contributed by atoms with Crippen molar-refractivity contribution < 1.29 is 13.2 Å². The van der Waals surface area contributed by atoms with Crippen LogP contribution in [-0.2, 0) is 9.84 Å². The lowest BCUT2D eigenvalue weighted by atomic mass is 10.1. The summed E-state index contributed by atoms with van der Waals surface area (Å²) in [5.74, 6) is 5.16. The smallest absolute Gasteiger partial charge is 0.270 e. The van der Waals surface area contributed by atoms with Crippen LogP contribution in [0.4, 0.5) is 5.69 Å². The first-order valence-corrected chi connectivity index (χ1v) is 7.76. The lowest BCUT2D eigenvalue weighted by molar-refractivity contribution is 0.0929. The first-order chi connectivity index (χ1) is 9.00. The van der Waals surface area contributed by atoms with Crippen LogP contribution in [0.2, 0.25) is 0 Å². The summed E-state index contributed by atoms with van der Waals surface area (Å²) in [4.78, 5) is 15.9. The number of nitrogens with one attached hydrogen (secondary N) is 2. The molecule has 1 saturated heterocycles. The zero-order valence-corrected chi connectivity index (χ0v) is 11.1. The molecule has 1 amide bonds. The van der Waals surface area contributed by atoms with Crippen LogP contribution in [0.5, 0.6) is 0 Å². The van der Waals surface area contributed by atoms with E-state index in [0.717, 1.165) is 0 Å². The van der Waals surface area contributed by atoms with Crippen molar-refractivity contribution in [1.82, 2.24) is 10.3 Å². The van der Waals surface area contributed by atoms with Crippen LogP contribution >= 0.6 is 0 Å². The Balaban J connectivity index is 1.94. The number of sulfone groups is 1. The van der Waals surface area contributed by atoms with Gasteiger partial charge in [-0.25, -0.2) is 13.4 Å². The number of anilines is 1. The maximum absolute atomic E-state index is 11.9. The number of hydrogen-bond donors (Lipinski definition) is 3. The van der Waals surface area contributed by atoms with E-state index in [1.54, 1.807) is 12.1 Å². The predicted octanol–water partition coefficient (Wildman–Crippen LogP) is -0.326. The third kappa shape index (κ3) is 3.65. The van der Waals surface area contributed by atoms with Crippen LogP contribution in [0.15, 0.2) is 18.3 Å². The van der Waals surface area contributed by atoms with Gasteiger partial charge in [0, 0.05) is 6.04 Å². The Hall–Kier alpha value is -1.67. The maximum atomic E-state index is 11.9. The average molecular weight is 284 g/mol. The van der Waals surface area contributed by atoms with Gasteiger partial charge in [0.1, 0.15) is 15.5 Å². The summed E-state index contributed by atoms with van der Waals surface area (Å²) in [5.41, 5.74) is 3.32. The number of nitrogens with zero attached hydrogens (tertiary/aromatic N) is 1. The quantitative estimate of drug-likeness (QED) is 0.517. The summed E-state index contributed by atoms with van der Waals surface area (Å²) in [7, 11) is -2.91. The minimum Gasteiger partial charge on any atom is -0.348 e. The van der Waals surface area contributed by atoms with Crippen LogP contribution < -0.4 is 16.6 Å². The van der Waals surface area contributed by atoms with E-state index in [-0.39, 0.29) is 29.1 Å². The Morgan fingerprint density at radius 3 is 2.53 bits per heavy atom. The van der Waals surface area contributed by atoms with Crippen LogP contribution in [0.25, 0.3) is 0 Å². The molecule has 0 spiro atoms. The van der Waals surface area contributed by atoms with Gasteiger partial charge in [-0.05, 0) is 25.0 Å². The summed E-state index contributed by atoms with van der Waals surface area (Å²) in [6.07, 6.45) is 2.37. The summed E-state index contributed by atoms with van der Waals surface area (Å²) < 4.78 is 22.6. The molecule has 8 heteroatoms. The number of pyridine rings is 1. The van der Waals surface area contributed by atoms with E-state index in [9.17, 15) is 13.2 Å². The highest BCUT2D eigenvalue weighted by atomic mass is 32.2. The molecule has 19 heavy (non-hydrogen) atoms. The zero-order valence-electron chi connectivity index (χ0n) is 10.3. The van der Waals surface area contributed by atoms with Gasteiger partial charge in [-0.1, -0.05) is 0 Å². The molecule has 2 heterocycles.